The van der Waals surface area contributed by atoms with E-state index in [4.69, 9.17) is 0 Å². The first-order chi connectivity index (χ1) is 12.1. The lowest BCUT2D eigenvalue weighted by atomic mass is 9.95. The maximum Gasteiger partial charge on any atom is 0.308 e. The molecule has 7 nitrogen and oxygen atoms in total. The molecule has 0 unspecified atom stereocenters. The van der Waals surface area contributed by atoms with Gasteiger partial charge in [0.15, 0.2) is 0 Å². The zero-order valence-corrected chi connectivity index (χ0v) is 14.6. The van der Waals surface area contributed by atoms with Crippen molar-refractivity contribution >= 4 is 33.4 Å². The Morgan fingerprint density at radius 3 is 2.92 bits per heavy atom. The number of amides is 1. The van der Waals surface area contributed by atoms with E-state index in [1.807, 2.05) is 5.38 Å². The predicted octanol–water partition coefficient (Wildman–Crippen LogP) is 2.00. The summed E-state index contributed by atoms with van der Waals surface area (Å²) in [4.78, 5) is 40.9. The van der Waals surface area contributed by atoms with E-state index in [0.717, 1.165) is 19.3 Å². The number of fused-ring (bicyclic) bond motifs is 1. The number of nitrogens with one attached hydrogen (secondary N) is 1. The zero-order chi connectivity index (χ0) is 17.8. The minimum atomic E-state index is -0.851. The lowest BCUT2D eigenvalue weighted by Gasteiger charge is -2.23. The topological polar surface area (TPSA) is 101 Å². The molecule has 0 saturated heterocycles. The number of nitrogens with zero attached hydrogens (tertiary/aromatic N) is 2. The highest BCUT2D eigenvalue weighted by atomic mass is 32.1. The summed E-state index contributed by atoms with van der Waals surface area (Å²) in [5.41, 5.74) is -0.156. The van der Waals surface area contributed by atoms with Gasteiger partial charge in [0.25, 0.3) is 5.56 Å². The first-order valence-electron chi connectivity index (χ1n) is 8.51. The van der Waals surface area contributed by atoms with Gasteiger partial charge in [-0.1, -0.05) is 19.3 Å². The molecule has 0 bridgehead atoms. The number of aliphatic carboxylic acids is 1. The fourth-order valence-electron chi connectivity index (χ4n) is 3.33. The number of carbonyl (C=O) groups excluding carboxylic acids is 1. The number of thiophene rings is 1. The van der Waals surface area contributed by atoms with E-state index >= 15 is 0 Å². The molecule has 3 rings (SSSR count). The predicted molar refractivity (Wildman–Crippen MR) is 94.6 cm³/mol. The van der Waals surface area contributed by atoms with Gasteiger partial charge < -0.3 is 10.4 Å². The van der Waals surface area contributed by atoms with Crippen LogP contribution in [0.3, 0.4) is 0 Å². The Kier molecular flexibility index (Phi) is 5.47. The third-order valence-electron chi connectivity index (χ3n) is 4.71. The van der Waals surface area contributed by atoms with Crippen molar-refractivity contribution < 1.29 is 14.7 Å². The molecular formula is C17H21N3O4S. The average molecular weight is 363 g/mol. The monoisotopic (exact) mass is 363 g/mol. The minimum Gasteiger partial charge on any atom is -0.481 e. The van der Waals surface area contributed by atoms with Crippen molar-refractivity contribution in [1.29, 1.82) is 0 Å². The van der Waals surface area contributed by atoms with Crippen LogP contribution in [-0.4, -0.2) is 32.6 Å². The van der Waals surface area contributed by atoms with Crippen molar-refractivity contribution in [2.45, 2.75) is 51.1 Å². The number of hydrogen-bond acceptors (Lipinski definition) is 5. The molecule has 8 heteroatoms. The van der Waals surface area contributed by atoms with Gasteiger partial charge in [-0.05, 0) is 24.3 Å². The summed E-state index contributed by atoms with van der Waals surface area (Å²) in [6.07, 6.45) is 5.67. The largest absolute Gasteiger partial charge is 0.481 e. The van der Waals surface area contributed by atoms with Crippen LogP contribution in [0.25, 0.3) is 10.2 Å². The standard InChI is InChI=1S/C17H21N3O4S/c21-14(19-13-5-3-1-2-4-11(13)17(23)24)6-8-20-10-18-15-12(16(20)22)7-9-25-15/h7,9-11,13H,1-6,8H2,(H,19,21)(H,23,24)/t11-,13+/m1/s1. The number of rotatable bonds is 5. The van der Waals surface area contributed by atoms with Gasteiger partial charge in [-0.25, -0.2) is 4.98 Å². The lowest BCUT2D eigenvalue weighted by Crippen LogP contribution is -2.43. The van der Waals surface area contributed by atoms with Crippen molar-refractivity contribution in [2.24, 2.45) is 5.92 Å². The van der Waals surface area contributed by atoms with Gasteiger partial charge in [-0.2, -0.15) is 0 Å². The average Bonchev–Trinajstić information content (AvgIpc) is 2.94. The van der Waals surface area contributed by atoms with E-state index in [1.54, 1.807) is 6.07 Å². The van der Waals surface area contributed by atoms with Gasteiger partial charge in [0.2, 0.25) is 5.91 Å². The second-order valence-corrected chi connectivity index (χ2v) is 7.28. The Morgan fingerprint density at radius 1 is 1.32 bits per heavy atom. The van der Waals surface area contributed by atoms with Crippen LogP contribution in [0.15, 0.2) is 22.6 Å². The second-order valence-electron chi connectivity index (χ2n) is 6.39. The van der Waals surface area contributed by atoms with Crippen LogP contribution in [0.1, 0.15) is 38.5 Å². The fraction of sp³-hybridized carbons (Fsp3) is 0.529. The molecule has 25 heavy (non-hydrogen) atoms. The van der Waals surface area contributed by atoms with Gasteiger partial charge >= 0.3 is 5.97 Å². The quantitative estimate of drug-likeness (QED) is 0.791. The number of hydrogen-bond donors (Lipinski definition) is 2. The summed E-state index contributed by atoms with van der Waals surface area (Å²) in [6, 6.07) is 1.40. The van der Waals surface area contributed by atoms with Crippen molar-refractivity contribution in [3.8, 4) is 0 Å². The van der Waals surface area contributed by atoms with E-state index in [-0.39, 0.29) is 30.5 Å². The molecular weight excluding hydrogens is 342 g/mol. The summed E-state index contributed by atoms with van der Waals surface area (Å²) in [7, 11) is 0. The van der Waals surface area contributed by atoms with Gasteiger partial charge in [-0.3, -0.25) is 19.0 Å². The molecule has 0 aliphatic heterocycles. The van der Waals surface area contributed by atoms with Gasteiger partial charge in [0.1, 0.15) is 4.83 Å². The summed E-state index contributed by atoms with van der Waals surface area (Å²) >= 11 is 1.40. The molecule has 0 spiro atoms. The maximum absolute atomic E-state index is 12.3. The van der Waals surface area contributed by atoms with Crippen molar-refractivity contribution in [3.63, 3.8) is 0 Å². The number of carbonyl (C=O) groups is 2. The highest BCUT2D eigenvalue weighted by Gasteiger charge is 2.30. The molecule has 1 aliphatic rings. The molecule has 2 heterocycles. The normalized spacial score (nSPS) is 21.0. The summed E-state index contributed by atoms with van der Waals surface area (Å²) in [6.45, 7) is 0.230. The minimum absolute atomic E-state index is 0.125. The number of carboxylic acids is 1. The van der Waals surface area contributed by atoms with Gasteiger partial charge in [0.05, 0.1) is 17.6 Å². The lowest BCUT2D eigenvalue weighted by molar-refractivity contribution is -0.143. The second kappa shape index (κ2) is 7.77. The number of aryl methyl sites for hydroxylation is 1. The van der Waals surface area contributed by atoms with E-state index in [1.165, 1.54) is 22.2 Å². The van der Waals surface area contributed by atoms with Crippen LogP contribution < -0.4 is 10.9 Å². The van der Waals surface area contributed by atoms with Crippen LogP contribution >= 0.6 is 11.3 Å². The van der Waals surface area contributed by atoms with E-state index in [0.29, 0.717) is 23.1 Å². The third kappa shape index (κ3) is 4.07. The smallest absolute Gasteiger partial charge is 0.308 e. The highest BCUT2D eigenvalue weighted by Crippen LogP contribution is 2.24. The Balaban J connectivity index is 1.62. The molecule has 1 fully saturated rings. The Labute approximate surface area is 148 Å². The number of aromatic nitrogens is 2. The molecule has 134 valence electrons. The van der Waals surface area contributed by atoms with Gasteiger partial charge in [0, 0.05) is 19.0 Å². The van der Waals surface area contributed by atoms with Crippen LogP contribution in [0.5, 0.6) is 0 Å². The Morgan fingerprint density at radius 2 is 2.12 bits per heavy atom. The molecule has 1 aliphatic carbocycles. The Hall–Kier alpha value is -2.22. The molecule has 1 amide bonds. The van der Waals surface area contributed by atoms with E-state index < -0.39 is 11.9 Å². The van der Waals surface area contributed by atoms with Crippen molar-refractivity contribution in [2.75, 3.05) is 0 Å². The molecule has 0 aromatic carbocycles. The SMILES string of the molecule is O=C(CCn1cnc2sccc2c1=O)N[C@H]1CCCCC[C@H]1C(=O)O. The van der Waals surface area contributed by atoms with Crippen molar-refractivity contribution in [1.82, 2.24) is 14.9 Å². The summed E-state index contributed by atoms with van der Waals surface area (Å²) in [5, 5.41) is 14.6. The van der Waals surface area contributed by atoms with Crippen LogP contribution in [0.4, 0.5) is 0 Å². The van der Waals surface area contributed by atoms with Crippen LogP contribution in [-0.2, 0) is 16.1 Å². The third-order valence-corrected chi connectivity index (χ3v) is 5.53. The molecule has 2 N–H and O–H groups in total. The zero-order valence-electron chi connectivity index (χ0n) is 13.8. The molecule has 0 radical (unpaired) electrons. The first-order valence-corrected chi connectivity index (χ1v) is 9.39. The molecule has 1 saturated carbocycles. The molecule has 2 atom stereocenters. The highest BCUT2D eigenvalue weighted by molar-refractivity contribution is 7.16. The van der Waals surface area contributed by atoms with E-state index in [2.05, 4.69) is 10.3 Å². The fourth-order valence-corrected chi connectivity index (χ4v) is 4.05. The molecule has 2 aromatic heterocycles. The first kappa shape index (κ1) is 17.6. The van der Waals surface area contributed by atoms with Crippen molar-refractivity contribution in [3.05, 3.63) is 28.1 Å². The summed E-state index contributed by atoms with van der Waals surface area (Å²) in [5.74, 6) is -1.61. The Bertz CT molecular complexity index is 829. The van der Waals surface area contributed by atoms with Gasteiger partial charge in [-0.15, -0.1) is 11.3 Å². The van der Waals surface area contributed by atoms with Crippen LogP contribution in [0, 0.1) is 5.92 Å². The molecule has 2 aromatic rings. The number of carboxylic acid groups (broad SMARTS) is 1. The van der Waals surface area contributed by atoms with Crippen LogP contribution in [0.2, 0.25) is 0 Å². The maximum atomic E-state index is 12.3. The summed E-state index contributed by atoms with van der Waals surface area (Å²) < 4.78 is 1.43. The van der Waals surface area contributed by atoms with E-state index in [9.17, 15) is 19.5 Å².